The number of hydrogen-bond acceptors (Lipinski definition) is 5. The fraction of sp³-hybridized carbons (Fsp3) is 0.429. The first-order valence-corrected chi connectivity index (χ1v) is 4.69. The summed E-state index contributed by atoms with van der Waals surface area (Å²) < 4.78 is 0.291. The van der Waals surface area contributed by atoms with Gasteiger partial charge < -0.3 is 15.5 Å². The number of H-pyrrole nitrogens is 1. The van der Waals surface area contributed by atoms with Gasteiger partial charge in [0.2, 0.25) is 0 Å². The Bertz CT molecular complexity index is 350. The highest BCUT2D eigenvalue weighted by molar-refractivity contribution is 9.10. The Balaban J connectivity index is 2.86. The van der Waals surface area contributed by atoms with Gasteiger partial charge in [0.25, 0.3) is 5.56 Å². The third-order valence-electron chi connectivity index (χ3n) is 1.60. The van der Waals surface area contributed by atoms with Gasteiger partial charge in [0.15, 0.2) is 0 Å². The molecule has 0 aromatic carbocycles. The maximum Gasteiger partial charge on any atom is 0.280 e. The van der Waals surface area contributed by atoms with Crippen LogP contribution in [0.3, 0.4) is 0 Å². The average Bonchev–Trinajstić information content (AvgIpc) is 2.20. The predicted molar refractivity (Wildman–Crippen MR) is 54.1 cm³/mol. The molecule has 1 heterocycles. The summed E-state index contributed by atoms with van der Waals surface area (Å²) in [4.78, 5) is 11.1. The van der Waals surface area contributed by atoms with Gasteiger partial charge in [-0.25, -0.2) is 5.10 Å². The minimum atomic E-state index is -0.505. The lowest BCUT2D eigenvalue weighted by Crippen LogP contribution is -2.28. The minimum absolute atomic E-state index is 0.226. The highest BCUT2D eigenvalue weighted by Crippen LogP contribution is 2.15. The molecule has 14 heavy (non-hydrogen) atoms. The van der Waals surface area contributed by atoms with Crippen LogP contribution in [0.5, 0.6) is 0 Å². The molecule has 0 aliphatic heterocycles. The molecule has 0 aliphatic rings. The Kier molecular flexibility index (Phi) is 4.05. The van der Waals surface area contributed by atoms with Crippen molar-refractivity contribution in [3.8, 4) is 0 Å². The second-order valence-corrected chi connectivity index (χ2v) is 3.43. The van der Waals surface area contributed by atoms with Crippen molar-refractivity contribution >= 4 is 21.6 Å². The molecule has 78 valence electrons. The molecule has 1 aromatic rings. The van der Waals surface area contributed by atoms with Gasteiger partial charge in [0, 0.05) is 0 Å². The molecule has 0 radical (unpaired) electrons. The van der Waals surface area contributed by atoms with E-state index in [1.807, 2.05) is 0 Å². The topological polar surface area (TPSA) is 98.2 Å². The van der Waals surface area contributed by atoms with Crippen molar-refractivity contribution in [2.45, 2.75) is 6.04 Å². The number of aliphatic hydroxyl groups excluding tert-OH is 2. The number of rotatable bonds is 4. The fourth-order valence-electron chi connectivity index (χ4n) is 0.853. The van der Waals surface area contributed by atoms with Gasteiger partial charge in [-0.05, 0) is 15.9 Å². The fourth-order valence-corrected chi connectivity index (χ4v) is 1.16. The summed E-state index contributed by atoms with van der Waals surface area (Å²) >= 11 is 3.06. The van der Waals surface area contributed by atoms with E-state index in [1.54, 1.807) is 0 Å². The van der Waals surface area contributed by atoms with E-state index in [-0.39, 0.29) is 18.8 Å². The lowest BCUT2D eigenvalue weighted by Gasteiger charge is -2.14. The predicted octanol–water partition coefficient (Wildman–Crippen LogP) is -0.703. The molecule has 0 atom stereocenters. The highest BCUT2D eigenvalue weighted by Gasteiger charge is 2.09. The minimum Gasteiger partial charge on any atom is -0.394 e. The average molecular weight is 264 g/mol. The number of hydrogen-bond donors (Lipinski definition) is 4. The Morgan fingerprint density at radius 3 is 2.79 bits per heavy atom. The molecular weight excluding hydrogens is 254 g/mol. The number of nitrogens with one attached hydrogen (secondary N) is 2. The second kappa shape index (κ2) is 5.08. The van der Waals surface area contributed by atoms with Crippen LogP contribution in [-0.4, -0.2) is 39.7 Å². The smallest absolute Gasteiger partial charge is 0.280 e. The summed E-state index contributed by atoms with van der Waals surface area (Å²) in [6.07, 6.45) is 1.39. The Morgan fingerprint density at radius 1 is 1.57 bits per heavy atom. The molecular formula is C7H10BrN3O3. The van der Waals surface area contributed by atoms with Gasteiger partial charge >= 0.3 is 0 Å². The van der Waals surface area contributed by atoms with Gasteiger partial charge in [0.1, 0.15) is 4.47 Å². The van der Waals surface area contributed by atoms with Crippen molar-refractivity contribution in [1.82, 2.24) is 10.2 Å². The summed E-state index contributed by atoms with van der Waals surface area (Å²) in [6, 6.07) is -0.505. The van der Waals surface area contributed by atoms with E-state index in [0.717, 1.165) is 0 Å². The molecule has 4 N–H and O–H groups in total. The molecule has 0 saturated carbocycles. The Hall–Kier alpha value is -0.920. The zero-order valence-electron chi connectivity index (χ0n) is 7.20. The van der Waals surface area contributed by atoms with Gasteiger partial charge in [0.05, 0.1) is 31.1 Å². The van der Waals surface area contributed by atoms with E-state index in [4.69, 9.17) is 10.2 Å². The van der Waals surface area contributed by atoms with Crippen molar-refractivity contribution in [2.75, 3.05) is 18.5 Å². The van der Waals surface area contributed by atoms with Crippen LogP contribution in [-0.2, 0) is 0 Å². The molecule has 1 rings (SSSR count). The first kappa shape index (κ1) is 11.2. The first-order valence-electron chi connectivity index (χ1n) is 3.90. The van der Waals surface area contributed by atoms with Crippen LogP contribution in [0.1, 0.15) is 0 Å². The maximum absolute atomic E-state index is 11.1. The molecule has 0 amide bonds. The van der Waals surface area contributed by atoms with Crippen LogP contribution in [0.15, 0.2) is 15.5 Å². The number of aliphatic hydroxyl groups is 2. The van der Waals surface area contributed by atoms with Crippen LogP contribution in [0.25, 0.3) is 0 Å². The lowest BCUT2D eigenvalue weighted by atomic mass is 10.3. The number of anilines is 1. The van der Waals surface area contributed by atoms with Crippen molar-refractivity contribution in [3.63, 3.8) is 0 Å². The Labute approximate surface area is 88.1 Å². The van der Waals surface area contributed by atoms with Crippen molar-refractivity contribution in [3.05, 3.63) is 21.0 Å². The van der Waals surface area contributed by atoms with Crippen LogP contribution < -0.4 is 10.9 Å². The molecule has 0 aliphatic carbocycles. The zero-order chi connectivity index (χ0) is 10.6. The number of aromatic nitrogens is 2. The molecule has 0 spiro atoms. The van der Waals surface area contributed by atoms with Gasteiger partial charge in [-0.15, -0.1) is 0 Å². The maximum atomic E-state index is 11.1. The summed E-state index contributed by atoms with van der Waals surface area (Å²) in [5.41, 5.74) is 0.0616. The third kappa shape index (κ3) is 2.53. The molecule has 0 unspecified atom stereocenters. The van der Waals surface area contributed by atoms with E-state index in [1.165, 1.54) is 6.20 Å². The van der Waals surface area contributed by atoms with E-state index in [0.29, 0.717) is 10.2 Å². The van der Waals surface area contributed by atoms with Crippen LogP contribution >= 0.6 is 15.9 Å². The van der Waals surface area contributed by atoms with Crippen LogP contribution in [0.2, 0.25) is 0 Å². The normalized spacial score (nSPS) is 10.6. The zero-order valence-corrected chi connectivity index (χ0v) is 8.78. The summed E-state index contributed by atoms with van der Waals surface area (Å²) in [5.74, 6) is 0. The van der Waals surface area contributed by atoms with E-state index in [2.05, 4.69) is 31.4 Å². The third-order valence-corrected chi connectivity index (χ3v) is 2.38. The molecule has 6 nitrogen and oxygen atoms in total. The molecule has 0 saturated heterocycles. The van der Waals surface area contributed by atoms with Gasteiger partial charge in [-0.2, -0.15) is 5.10 Å². The standard InChI is InChI=1S/C7H10BrN3O3/c8-6-5(1-9-11-7(6)14)10-4(2-12)3-13/h1,4,12-13H,2-3H2,(H2,10,11,14). The van der Waals surface area contributed by atoms with Crippen LogP contribution in [0, 0.1) is 0 Å². The lowest BCUT2D eigenvalue weighted by molar-refractivity contribution is 0.204. The molecule has 1 aromatic heterocycles. The number of aromatic amines is 1. The van der Waals surface area contributed by atoms with E-state index in [9.17, 15) is 4.79 Å². The highest BCUT2D eigenvalue weighted by atomic mass is 79.9. The van der Waals surface area contributed by atoms with Crippen molar-refractivity contribution in [1.29, 1.82) is 0 Å². The van der Waals surface area contributed by atoms with Crippen molar-refractivity contribution < 1.29 is 10.2 Å². The van der Waals surface area contributed by atoms with E-state index < -0.39 is 6.04 Å². The number of nitrogens with zero attached hydrogens (tertiary/aromatic N) is 1. The summed E-state index contributed by atoms with van der Waals surface area (Å²) in [5, 5.41) is 26.2. The monoisotopic (exact) mass is 263 g/mol. The number of halogens is 1. The molecule has 0 bridgehead atoms. The van der Waals surface area contributed by atoms with Gasteiger partial charge in [-0.1, -0.05) is 0 Å². The largest absolute Gasteiger partial charge is 0.394 e. The molecule has 0 fully saturated rings. The van der Waals surface area contributed by atoms with Crippen molar-refractivity contribution in [2.24, 2.45) is 0 Å². The first-order chi connectivity index (χ1) is 6.69. The molecule has 7 heteroatoms. The van der Waals surface area contributed by atoms with Crippen LogP contribution in [0.4, 0.5) is 5.69 Å². The quantitative estimate of drug-likeness (QED) is 0.576. The van der Waals surface area contributed by atoms with Gasteiger partial charge in [-0.3, -0.25) is 4.79 Å². The second-order valence-electron chi connectivity index (χ2n) is 2.63. The SMILES string of the molecule is O=c1[nH]ncc(NC(CO)CO)c1Br. The van der Waals surface area contributed by atoms with E-state index >= 15 is 0 Å². The Morgan fingerprint density at radius 2 is 2.21 bits per heavy atom. The summed E-state index contributed by atoms with van der Waals surface area (Å²) in [6.45, 7) is -0.453. The summed E-state index contributed by atoms with van der Waals surface area (Å²) in [7, 11) is 0.